The van der Waals surface area contributed by atoms with E-state index in [1.54, 1.807) is 11.6 Å². The van der Waals surface area contributed by atoms with Crippen molar-refractivity contribution in [2.75, 3.05) is 19.0 Å². The van der Waals surface area contributed by atoms with E-state index >= 15 is 0 Å². The summed E-state index contributed by atoms with van der Waals surface area (Å²) in [5.74, 6) is 1.38. The monoisotopic (exact) mass is 413 g/mol. The van der Waals surface area contributed by atoms with Crippen LogP contribution in [0, 0.1) is 17.2 Å². The van der Waals surface area contributed by atoms with Crippen LogP contribution in [-0.2, 0) is 14.2 Å². The third-order valence-corrected chi connectivity index (χ3v) is 6.08. The molecule has 1 N–H and O–H groups in total. The molecule has 2 fully saturated rings. The van der Waals surface area contributed by atoms with E-state index in [4.69, 9.17) is 14.2 Å². The van der Waals surface area contributed by atoms with Crippen LogP contribution in [0.1, 0.15) is 57.2 Å². The van der Waals surface area contributed by atoms with E-state index in [1.165, 1.54) is 6.33 Å². The lowest BCUT2D eigenvalue weighted by atomic mass is 9.89. The van der Waals surface area contributed by atoms with E-state index in [0.717, 1.165) is 36.9 Å². The molecule has 9 nitrogen and oxygen atoms in total. The zero-order chi connectivity index (χ0) is 21.1. The molecule has 1 aliphatic heterocycles. The largest absolute Gasteiger partial charge is 0.508 e. The number of nitrogens with zero attached hydrogens (tertiary/aromatic N) is 4. The molecule has 0 aromatic carbocycles. The van der Waals surface area contributed by atoms with Crippen molar-refractivity contribution < 1.29 is 19.0 Å². The number of nitriles is 1. The van der Waals surface area contributed by atoms with Gasteiger partial charge >= 0.3 is 6.16 Å². The van der Waals surface area contributed by atoms with Gasteiger partial charge < -0.3 is 19.5 Å². The first-order chi connectivity index (χ1) is 14.5. The van der Waals surface area contributed by atoms with Crippen molar-refractivity contribution in [3.05, 3.63) is 24.2 Å². The van der Waals surface area contributed by atoms with Gasteiger partial charge in [-0.3, -0.25) is 0 Å². The zero-order valence-electron chi connectivity index (χ0n) is 17.3. The van der Waals surface area contributed by atoms with Gasteiger partial charge in [0, 0.05) is 7.05 Å². The number of aromatic nitrogens is 3. The maximum Gasteiger partial charge on any atom is 0.508 e. The molecule has 30 heavy (non-hydrogen) atoms. The van der Waals surface area contributed by atoms with E-state index in [1.807, 2.05) is 12.1 Å². The molecule has 0 amide bonds. The average molecular weight is 413 g/mol. The van der Waals surface area contributed by atoms with Crippen molar-refractivity contribution in [3.63, 3.8) is 0 Å². The normalized spacial score (nSPS) is 28.8. The molecular weight excluding hydrogens is 386 g/mol. The van der Waals surface area contributed by atoms with E-state index < -0.39 is 11.8 Å². The molecule has 2 aromatic rings. The fourth-order valence-corrected chi connectivity index (χ4v) is 4.27. The third-order valence-electron chi connectivity index (χ3n) is 6.08. The molecule has 160 valence electrons. The lowest BCUT2D eigenvalue weighted by Crippen LogP contribution is -2.34. The minimum atomic E-state index is -1.19. The molecule has 1 saturated carbocycles. The summed E-state index contributed by atoms with van der Waals surface area (Å²) >= 11 is 0. The number of ether oxygens (including phenoxy) is 3. The third kappa shape index (κ3) is 4.05. The number of anilines is 1. The Morgan fingerprint density at radius 3 is 2.90 bits per heavy atom. The lowest BCUT2D eigenvalue weighted by molar-refractivity contribution is -0.0633. The Bertz CT molecular complexity index is 947. The Kier molecular flexibility index (Phi) is 5.77. The molecule has 4 rings (SSSR count). The van der Waals surface area contributed by atoms with E-state index in [9.17, 15) is 10.1 Å². The van der Waals surface area contributed by atoms with Crippen molar-refractivity contribution >= 4 is 17.5 Å². The highest BCUT2D eigenvalue weighted by Crippen LogP contribution is 2.40. The Morgan fingerprint density at radius 1 is 1.37 bits per heavy atom. The van der Waals surface area contributed by atoms with Gasteiger partial charge in [-0.1, -0.05) is 6.92 Å². The number of rotatable bonds is 5. The lowest BCUT2D eigenvalue weighted by Gasteiger charge is -2.26. The summed E-state index contributed by atoms with van der Waals surface area (Å²) in [6.45, 7) is 2.06. The molecule has 1 saturated heterocycles. The zero-order valence-corrected chi connectivity index (χ0v) is 17.3. The summed E-state index contributed by atoms with van der Waals surface area (Å²) in [5.41, 5.74) is 0.475. The molecule has 2 atom stereocenters. The standard InChI is InChI=1S/C21H27N5O4/c1-14-3-5-15(6-4-14)29-20(27)28-12-21(11-22)10-9-18(30-21)16-7-8-17-19(23-2)24-13-25-26(16)17/h7-8,13-15,18H,3-6,9-10,12H2,1-2H3,(H,23,24,25)/t14?,15?,18?,21-/m1/s1. The second kappa shape index (κ2) is 8.48. The molecule has 2 aromatic heterocycles. The number of nitrogens with one attached hydrogen (secondary N) is 1. The fourth-order valence-electron chi connectivity index (χ4n) is 4.27. The predicted molar refractivity (Wildman–Crippen MR) is 108 cm³/mol. The fraction of sp³-hybridized carbons (Fsp3) is 0.619. The molecule has 9 heteroatoms. The van der Waals surface area contributed by atoms with Crippen molar-refractivity contribution in [2.45, 2.75) is 63.3 Å². The van der Waals surface area contributed by atoms with Crippen LogP contribution < -0.4 is 5.32 Å². The molecular formula is C21H27N5O4. The first kappa shape index (κ1) is 20.4. The highest BCUT2D eigenvalue weighted by molar-refractivity contribution is 5.67. The van der Waals surface area contributed by atoms with Gasteiger partial charge in [-0.05, 0) is 56.6 Å². The molecule has 1 aliphatic carbocycles. The minimum absolute atomic E-state index is 0.0999. The summed E-state index contributed by atoms with van der Waals surface area (Å²) in [4.78, 5) is 16.3. The SMILES string of the molecule is CNc1ncnn2c(C3CC[C@@](C#N)(COC(=O)OC4CCC(C)CC4)O3)ccc12. The van der Waals surface area contributed by atoms with Crippen LogP contribution in [0.15, 0.2) is 18.5 Å². The predicted octanol–water partition coefficient (Wildman–Crippen LogP) is 3.62. The van der Waals surface area contributed by atoms with Crippen LogP contribution in [0.4, 0.5) is 10.6 Å². The minimum Gasteiger partial charge on any atom is -0.431 e. The van der Waals surface area contributed by atoms with Gasteiger partial charge in [0.25, 0.3) is 0 Å². The van der Waals surface area contributed by atoms with Crippen LogP contribution in [0.25, 0.3) is 5.52 Å². The molecule has 1 unspecified atom stereocenters. The van der Waals surface area contributed by atoms with Gasteiger partial charge in [0.1, 0.15) is 36.7 Å². The second-order valence-corrected chi connectivity index (χ2v) is 8.20. The highest BCUT2D eigenvalue weighted by Gasteiger charge is 2.44. The molecule has 0 spiro atoms. The van der Waals surface area contributed by atoms with Gasteiger partial charge in [-0.2, -0.15) is 10.4 Å². The first-order valence-electron chi connectivity index (χ1n) is 10.5. The van der Waals surface area contributed by atoms with Gasteiger partial charge in [0.2, 0.25) is 0 Å². The quantitative estimate of drug-likeness (QED) is 0.740. The summed E-state index contributed by atoms with van der Waals surface area (Å²) < 4.78 is 18.5. The van der Waals surface area contributed by atoms with Crippen molar-refractivity contribution in [1.29, 1.82) is 5.26 Å². The van der Waals surface area contributed by atoms with Crippen LogP contribution in [0.3, 0.4) is 0 Å². The molecule has 0 radical (unpaired) electrons. The molecule has 2 aliphatic rings. The summed E-state index contributed by atoms with van der Waals surface area (Å²) in [7, 11) is 1.80. The first-order valence-corrected chi connectivity index (χ1v) is 10.5. The number of hydrogen-bond donors (Lipinski definition) is 1. The average Bonchev–Trinajstić information content (AvgIpc) is 3.38. The molecule has 0 bridgehead atoms. The number of fused-ring (bicyclic) bond motifs is 1. The Morgan fingerprint density at radius 2 is 2.17 bits per heavy atom. The summed E-state index contributed by atoms with van der Waals surface area (Å²) in [6.07, 6.45) is 5.21. The molecule has 3 heterocycles. The topological polar surface area (TPSA) is 111 Å². The van der Waals surface area contributed by atoms with Gasteiger partial charge in [-0.15, -0.1) is 0 Å². The van der Waals surface area contributed by atoms with Crippen molar-refractivity contribution in [3.8, 4) is 6.07 Å². The Balaban J connectivity index is 1.38. The number of hydrogen-bond acceptors (Lipinski definition) is 8. The number of carbonyl (C=O) groups is 1. The van der Waals surface area contributed by atoms with Crippen LogP contribution in [0.5, 0.6) is 0 Å². The maximum absolute atomic E-state index is 12.1. The Labute approximate surface area is 175 Å². The Hall–Kier alpha value is -2.86. The van der Waals surface area contributed by atoms with Crippen molar-refractivity contribution in [2.24, 2.45) is 5.92 Å². The van der Waals surface area contributed by atoms with E-state index in [2.05, 4.69) is 28.4 Å². The van der Waals surface area contributed by atoms with Crippen LogP contribution >= 0.6 is 0 Å². The van der Waals surface area contributed by atoms with Gasteiger partial charge in [-0.25, -0.2) is 14.3 Å². The second-order valence-electron chi connectivity index (χ2n) is 8.20. The maximum atomic E-state index is 12.1. The van der Waals surface area contributed by atoms with E-state index in [0.29, 0.717) is 24.6 Å². The highest BCUT2D eigenvalue weighted by atomic mass is 16.7. The number of carbonyl (C=O) groups excluding carboxylic acids is 1. The smallest absolute Gasteiger partial charge is 0.431 e. The van der Waals surface area contributed by atoms with Crippen LogP contribution in [0.2, 0.25) is 0 Å². The van der Waals surface area contributed by atoms with Crippen molar-refractivity contribution in [1.82, 2.24) is 14.6 Å². The summed E-state index contributed by atoms with van der Waals surface area (Å²) in [6, 6.07) is 6.03. The van der Waals surface area contributed by atoms with E-state index in [-0.39, 0.29) is 18.8 Å². The van der Waals surface area contributed by atoms with Crippen LogP contribution in [-0.4, -0.2) is 46.1 Å². The van der Waals surface area contributed by atoms with Gasteiger partial charge in [0.05, 0.1) is 5.69 Å². The summed E-state index contributed by atoms with van der Waals surface area (Å²) in [5, 5.41) is 17.1. The van der Waals surface area contributed by atoms with Gasteiger partial charge in [0.15, 0.2) is 11.4 Å².